The van der Waals surface area contributed by atoms with E-state index in [1.54, 1.807) is 0 Å². The number of rotatable bonds is 3. The van der Waals surface area contributed by atoms with Gasteiger partial charge in [-0.25, -0.2) is 9.78 Å². The minimum absolute atomic E-state index is 0.113. The van der Waals surface area contributed by atoms with Gasteiger partial charge in [0.05, 0.1) is 24.3 Å². The summed E-state index contributed by atoms with van der Waals surface area (Å²) in [5.41, 5.74) is 0.560. The first-order chi connectivity index (χ1) is 9.76. The molecule has 0 bridgehead atoms. The number of amides is 1. The quantitative estimate of drug-likeness (QED) is 0.921. The van der Waals surface area contributed by atoms with Crippen molar-refractivity contribution in [2.24, 2.45) is 5.92 Å². The maximum atomic E-state index is 11.9. The number of hydrogen-bond donors (Lipinski definition) is 1. The van der Waals surface area contributed by atoms with E-state index in [-0.39, 0.29) is 12.1 Å². The van der Waals surface area contributed by atoms with E-state index in [1.165, 1.54) is 19.3 Å². The molecule has 1 aliphatic rings. The maximum absolute atomic E-state index is 11.9. The van der Waals surface area contributed by atoms with Gasteiger partial charge in [0.15, 0.2) is 0 Å². The summed E-state index contributed by atoms with van der Waals surface area (Å²) in [7, 11) is 0. The van der Waals surface area contributed by atoms with Crippen molar-refractivity contribution in [2.45, 2.75) is 71.6 Å². The number of carbonyl (C=O) groups excluding carboxylic acids is 1. The first-order valence-electron chi connectivity index (χ1n) is 7.77. The summed E-state index contributed by atoms with van der Waals surface area (Å²) in [6.45, 7) is 9.85. The van der Waals surface area contributed by atoms with E-state index in [2.05, 4.69) is 21.8 Å². The lowest BCUT2D eigenvalue weighted by atomic mass is 10.1. The van der Waals surface area contributed by atoms with E-state index in [1.807, 2.05) is 40.2 Å². The van der Waals surface area contributed by atoms with Crippen LogP contribution in [0.4, 0.5) is 4.79 Å². The van der Waals surface area contributed by atoms with Crippen LogP contribution in [0.15, 0.2) is 12.5 Å². The van der Waals surface area contributed by atoms with Crippen molar-refractivity contribution < 1.29 is 9.53 Å². The van der Waals surface area contributed by atoms with Gasteiger partial charge in [0, 0.05) is 6.04 Å². The number of hydrogen-bond acceptors (Lipinski definition) is 3. The van der Waals surface area contributed by atoms with Crippen LogP contribution < -0.4 is 5.32 Å². The Labute approximate surface area is 127 Å². The number of imidazole rings is 1. The Morgan fingerprint density at radius 2 is 2.19 bits per heavy atom. The molecule has 1 amide bonds. The molecule has 21 heavy (non-hydrogen) atoms. The van der Waals surface area contributed by atoms with Crippen molar-refractivity contribution in [1.82, 2.24) is 14.9 Å². The molecule has 1 saturated carbocycles. The molecule has 0 saturated heterocycles. The fourth-order valence-corrected chi connectivity index (χ4v) is 2.94. The minimum atomic E-state index is -0.481. The second kappa shape index (κ2) is 6.08. The van der Waals surface area contributed by atoms with E-state index < -0.39 is 5.60 Å². The molecular weight excluding hydrogens is 266 g/mol. The smallest absolute Gasteiger partial charge is 0.408 e. The van der Waals surface area contributed by atoms with Crippen LogP contribution in [-0.4, -0.2) is 21.2 Å². The van der Waals surface area contributed by atoms with Gasteiger partial charge in [-0.2, -0.15) is 0 Å². The summed E-state index contributed by atoms with van der Waals surface area (Å²) in [5, 5.41) is 2.89. The maximum Gasteiger partial charge on any atom is 0.408 e. The Morgan fingerprint density at radius 3 is 2.76 bits per heavy atom. The van der Waals surface area contributed by atoms with Crippen LogP contribution in [-0.2, 0) is 4.74 Å². The van der Waals surface area contributed by atoms with Crippen molar-refractivity contribution in [3.05, 3.63) is 18.2 Å². The number of aromatic nitrogens is 2. The van der Waals surface area contributed by atoms with Crippen LogP contribution in [0.5, 0.6) is 0 Å². The molecule has 2 rings (SSSR count). The Hall–Kier alpha value is -1.52. The van der Waals surface area contributed by atoms with E-state index in [0.29, 0.717) is 6.04 Å². The summed E-state index contributed by atoms with van der Waals surface area (Å²) < 4.78 is 7.52. The van der Waals surface area contributed by atoms with E-state index >= 15 is 0 Å². The fraction of sp³-hybridized carbons (Fsp3) is 0.750. The standard InChI is InChI=1S/C16H27N3O2/c1-11-6-7-13(8-11)19-10-17-9-14(19)12(2)18-15(20)21-16(3,4)5/h9-13H,6-8H2,1-5H3,(H,18,20)/t11?,12-,13?/m0/s1. The second-order valence-electron chi connectivity index (χ2n) is 7.17. The van der Waals surface area contributed by atoms with Crippen LogP contribution >= 0.6 is 0 Å². The molecule has 1 heterocycles. The van der Waals surface area contributed by atoms with Gasteiger partial charge in [0.1, 0.15) is 5.60 Å². The highest BCUT2D eigenvalue weighted by molar-refractivity contribution is 5.68. The SMILES string of the molecule is CC1CCC(n2cncc2[C@H](C)NC(=O)OC(C)(C)C)C1. The lowest BCUT2D eigenvalue weighted by Gasteiger charge is -2.23. The zero-order valence-electron chi connectivity index (χ0n) is 13.7. The number of ether oxygens (including phenoxy) is 1. The van der Waals surface area contributed by atoms with Crippen LogP contribution in [0.3, 0.4) is 0 Å². The van der Waals surface area contributed by atoms with E-state index in [4.69, 9.17) is 4.74 Å². The Bertz CT molecular complexity index is 490. The minimum Gasteiger partial charge on any atom is -0.444 e. The van der Waals surface area contributed by atoms with Crippen LogP contribution in [0.2, 0.25) is 0 Å². The Morgan fingerprint density at radius 1 is 1.48 bits per heavy atom. The molecule has 1 aromatic heterocycles. The van der Waals surface area contributed by atoms with Crippen molar-refractivity contribution in [2.75, 3.05) is 0 Å². The molecule has 5 nitrogen and oxygen atoms in total. The van der Waals surface area contributed by atoms with Crippen LogP contribution in [0.25, 0.3) is 0 Å². The highest BCUT2D eigenvalue weighted by Gasteiger charge is 2.26. The molecule has 1 fully saturated rings. The molecular formula is C16H27N3O2. The van der Waals surface area contributed by atoms with E-state index in [0.717, 1.165) is 11.6 Å². The molecule has 0 aromatic carbocycles. The molecule has 5 heteroatoms. The average Bonchev–Trinajstić information content (AvgIpc) is 2.93. The zero-order valence-corrected chi connectivity index (χ0v) is 13.7. The van der Waals surface area contributed by atoms with Gasteiger partial charge in [-0.05, 0) is 52.9 Å². The van der Waals surface area contributed by atoms with Gasteiger partial charge in [0.2, 0.25) is 0 Å². The first-order valence-corrected chi connectivity index (χ1v) is 7.77. The third-order valence-electron chi connectivity index (χ3n) is 3.93. The zero-order chi connectivity index (χ0) is 15.6. The highest BCUT2D eigenvalue weighted by atomic mass is 16.6. The largest absolute Gasteiger partial charge is 0.444 e. The van der Waals surface area contributed by atoms with Crippen LogP contribution in [0, 0.1) is 5.92 Å². The van der Waals surface area contributed by atoms with E-state index in [9.17, 15) is 4.79 Å². The lowest BCUT2D eigenvalue weighted by Crippen LogP contribution is -2.34. The number of carbonyl (C=O) groups is 1. The molecule has 3 atom stereocenters. The molecule has 1 aromatic rings. The van der Waals surface area contributed by atoms with Gasteiger partial charge >= 0.3 is 6.09 Å². The third kappa shape index (κ3) is 4.22. The molecule has 118 valence electrons. The molecule has 2 unspecified atom stereocenters. The monoisotopic (exact) mass is 293 g/mol. The van der Waals surface area contributed by atoms with Crippen molar-refractivity contribution in [3.63, 3.8) is 0 Å². The number of nitrogens with one attached hydrogen (secondary N) is 1. The van der Waals surface area contributed by atoms with Crippen molar-refractivity contribution >= 4 is 6.09 Å². The van der Waals surface area contributed by atoms with Crippen LogP contribution in [0.1, 0.15) is 71.7 Å². The molecule has 0 spiro atoms. The lowest BCUT2D eigenvalue weighted by molar-refractivity contribution is 0.0505. The average molecular weight is 293 g/mol. The van der Waals surface area contributed by atoms with Gasteiger partial charge < -0.3 is 14.6 Å². The third-order valence-corrected chi connectivity index (χ3v) is 3.93. The molecule has 1 aliphatic carbocycles. The van der Waals surface area contributed by atoms with Gasteiger partial charge in [-0.1, -0.05) is 6.92 Å². The topological polar surface area (TPSA) is 56.2 Å². The highest BCUT2D eigenvalue weighted by Crippen LogP contribution is 2.35. The second-order valence-corrected chi connectivity index (χ2v) is 7.17. The Balaban J connectivity index is 2.02. The van der Waals surface area contributed by atoms with Gasteiger partial charge in [0.25, 0.3) is 0 Å². The molecule has 0 radical (unpaired) electrons. The Kier molecular flexibility index (Phi) is 4.59. The fourth-order valence-electron chi connectivity index (χ4n) is 2.94. The number of nitrogens with zero attached hydrogens (tertiary/aromatic N) is 2. The van der Waals surface area contributed by atoms with Gasteiger partial charge in [-0.15, -0.1) is 0 Å². The first kappa shape index (κ1) is 15.9. The summed E-state index contributed by atoms with van der Waals surface area (Å²) in [5.74, 6) is 0.763. The molecule has 1 N–H and O–H groups in total. The van der Waals surface area contributed by atoms with Crippen molar-refractivity contribution in [3.8, 4) is 0 Å². The predicted molar refractivity (Wildman–Crippen MR) is 82.1 cm³/mol. The summed E-state index contributed by atoms with van der Waals surface area (Å²) in [4.78, 5) is 16.2. The summed E-state index contributed by atoms with van der Waals surface area (Å²) >= 11 is 0. The summed E-state index contributed by atoms with van der Waals surface area (Å²) in [6.07, 6.45) is 6.96. The number of alkyl carbamates (subject to hydrolysis) is 1. The summed E-state index contributed by atoms with van der Waals surface area (Å²) in [6, 6.07) is 0.388. The normalized spacial score (nSPS) is 23.9. The van der Waals surface area contributed by atoms with Crippen molar-refractivity contribution in [1.29, 1.82) is 0 Å². The predicted octanol–water partition coefficient (Wildman–Crippen LogP) is 3.83. The van der Waals surface area contributed by atoms with Gasteiger partial charge in [-0.3, -0.25) is 0 Å². The molecule has 0 aliphatic heterocycles.